The summed E-state index contributed by atoms with van der Waals surface area (Å²) >= 11 is 0. The van der Waals surface area contributed by atoms with E-state index in [1.807, 2.05) is 0 Å². The van der Waals surface area contributed by atoms with E-state index in [1.54, 1.807) is 6.92 Å². The molecule has 3 amide bonds. The molecule has 2 N–H and O–H groups in total. The number of carbonyl (C=O) groups excluding carboxylic acids is 3. The predicted octanol–water partition coefficient (Wildman–Crippen LogP) is 2.84. The number of imide groups is 1. The molecule has 208 valence electrons. The molecular formula is C24H22F3N9O4. The van der Waals surface area contributed by atoms with E-state index in [4.69, 9.17) is 4.52 Å². The number of nitrogens with one attached hydrogen (secondary N) is 2. The Morgan fingerprint density at radius 1 is 1.18 bits per heavy atom. The van der Waals surface area contributed by atoms with Gasteiger partial charge in [0.15, 0.2) is 17.3 Å². The van der Waals surface area contributed by atoms with Gasteiger partial charge in [-0.25, -0.2) is 9.97 Å². The standard InChI is InChI=1S/C24H22F3N9O4/c1-13-16(24(25,26)27)7-15(8-29-13)17-5-4-6-18(32-17)33-20(38)10-35-11-30-22(28-3)21(35)23(39)36(12-37)9-19-31-14(2)40-34-19/h4-8,11-12,28H,9-10H2,1-3H3,(H,32,33,38). The van der Waals surface area contributed by atoms with Gasteiger partial charge in [-0.05, 0) is 25.1 Å². The molecule has 0 aromatic carbocycles. The van der Waals surface area contributed by atoms with Crippen LogP contribution in [-0.2, 0) is 28.9 Å². The molecule has 4 rings (SSSR count). The molecule has 0 fully saturated rings. The predicted molar refractivity (Wildman–Crippen MR) is 133 cm³/mol. The van der Waals surface area contributed by atoms with Crippen LogP contribution in [0.3, 0.4) is 0 Å². The normalized spacial score (nSPS) is 11.2. The zero-order chi connectivity index (χ0) is 29.0. The lowest BCUT2D eigenvalue weighted by atomic mass is 10.1. The van der Waals surface area contributed by atoms with Crippen molar-refractivity contribution in [1.82, 2.24) is 34.6 Å². The number of imidazole rings is 1. The van der Waals surface area contributed by atoms with Crippen LogP contribution in [0.1, 0.15) is 33.5 Å². The molecule has 0 aliphatic rings. The molecule has 0 bridgehead atoms. The molecule has 16 heteroatoms. The Labute approximate surface area is 224 Å². The fourth-order valence-electron chi connectivity index (χ4n) is 3.72. The average molecular weight is 557 g/mol. The Balaban J connectivity index is 1.53. The topological polar surface area (TPSA) is 161 Å². The zero-order valence-corrected chi connectivity index (χ0v) is 21.4. The van der Waals surface area contributed by atoms with Gasteiger partial charge in [0.2, 0.25) is 18.2 Å². The summed E-state index contributed by atoms with van der Waals surface area (Å²) in [7, 11) is 1.51. The van der Waals surface area contributed by atoms with E-state index >= 15 is 0 Å². The molecule has 0 atom stereocenters. The lowest BCUT2D eigenvalue weighted by Crippen LogP contribution is -2.33. The van der Waals surface area contributed by atoms with Crippen LogP contribution in [0.4, 0.5) is 24.8 Å². The second-order valence-corrected chi connectivity index (χ2v) is 8.40. The van der Waals surface area contributed by atoms with Gasteiger partial charge in [-0.1, -0.05) is 11.2 Å². The lowest BCUT2D eigenvalue weighted by Gasteiger charge is -2.16. The van der Waals surface area contributed by atoms with Crippen molar-refractivity contribution in [1.29, 1.82) is 0 Å². The number of hydrogen-bond donors (Lipinski definition) is 2. The van der Waals surface area contributed by atoms with E-state index in [9.17, 15) is 27.6 Å². The summed E-state index contributed by atoms with van der Waals surface area (Å²) in [5, 5.41) is 8.95. The molecule has 0 aliphatic carbocycles. The third kappa shape index (κ3) is 6.11. The molecule has 0 spiro atoms. The van der Waals surface area contributed by atoms with Crippen molar-refractivity contribution in [2.24, 2.45) is 0 Å². The molecular weight excluding hydrogens is 535 g/mol. The van der Waals surface area contributed by atoms with E-state index in [-0.39, 0.29) is 52.5 Å². The molecule has 0 radical (unpaired) electrons. The van der Waals surface area contributed by atoms with E-state index in [0.29, 0.717) is 6.41 Å². The van der Waals surface area contributed by atoms with Crippen molar-refractivity contribution in [3.63, 3.8) is 0 Å². The highest BCUT2D eigenvalue weighted by atomic mass is 19.4. The van der Waals surface area contributed by atoms with Gasteiger partial charge in [-0.15, -0.1) is 0 Å². The average Bonchev–Trinajstić information content (AvgIpc) is 3.51. The number of aromatic nitrogens is 6. The fourth-order valence-corrected chi connectivity index (χ4v) is 3.72. The minimum Gasteiger partial charge on any atom is -0.371 e. The first-order chi connectivity index (χ1) is 19.0. The third-order valence-corrected chi connectivity index (χ3v) is 5.57. The van der Waals surface area contributed by atoms with Gasteiger partial charge in [0.05, 0.1) is 24.1 Å². The van der Waals surface area contributed by atoms with Gasteiger partial charge in [-0.3, -0.25) is 24.3 Å². The first-order valence-electron chi connectivity index (χ1n) is 11.6. The second-order valence-electron chi connectivity index (χ2n) is 8.40. The largest absolute Gasteiger partial charge is 0.418 e. The van der Waals surface area contributed by atoms with Crippen LogP contribution in [-0.4, -0.2) is 59.8 Å². The molecule has 0 saturated heterocycles. The maximum Gasteiger partial charge on any atom is 0.418 e. The van der Waals surface area contributed by atoms with Crippen LogP contribution in [0.15, 0.2) is 41.3 Å². The number of alkyl halides is 3. The number of amides is 3. The SMILES string of the molecule is CNc1ncn(CC(=O)Nc2cccc(-c3cnc(C)c(C(F)(F)F)c3)n2)c1C(=O)N(C=O)Cc1noc(C)n1. The Kier molecular flexibility index (Phi) is 7.88. The van der Waals surface area contributed by atoms with Crippen LogP contribution in [0.5, 0.6) is 0 Å². The van der Waals surface area contributed by atoms with Crippen molar-refractivity contribution in [2.45, 2.75) is 33.1 Å². The van der Waals surface area contributed by atoms with Crippen LogP contribution < -0.4 is 10.6 Å². The van der Waals surface area contributed by atoms with Gasteiger partial charge < -0.3 is 19.7 Å². The Morgan fingerprint density at radius 3 is 2.60 bits per heavy atom. The van der Waals surface area contributed by atoms with Crippen LogP contribution >= 0.6 is 0 Å². The monoisotopic (exact) mass is 557 g/mol. The highest BCUT2D eigenvalue weighted by Crippen LogP contribution is 2.33. The number of anilines is 2. The highest BCUT2D eigenvalue weighted by molar-refractivity contribution is 6.02. The molecule has 4 aromatic heterocycles. The highest BCUT2D eigenvalue weighted by Gasteiger charge is 2.33. The van der Waals surface area contributed by atoms with Crippen LogP contribution in [0.25, 0.3) is 11.3 Å². The van der Waals surface area contributed by atoms with Gasteiger partial charge >= 0.3 is 6.18 Å². The van der Waals surface area contributed by atoms with E-state index in [1.165, 1.54) is 49.3 Å². The molecule has 0 aliphatic heterocycles. The fraction of sp³-hybridized carbons (Fsp3) is 0.250. The van der Waals surface area contributed by atoms with Gasteiger partial charge in [-0.2, -0.15) is 18.2 Å². The minimum atomic E-state index is -4.59. The second kappa shape index (κ2) is 11.3. The Morgan fingerprint density at radius 2 is 1.95 bits per heavy atom. The van der Waals surface area contributed by atoms with Crippen LogP contribution in [0, 0.1) is 13.8 Å². The summed E-state index contributed by atoms with van der Waals surface area (Å²) in [6.07, 6.45) is -1.80. The summed E-state index contributed by atoms with van der Waals surface area (Å²) in [5.74, 6) is -0.877. The molecule has 0 unspecified atom stereocenters. The van der Waals surface area contributed by atoms with Crippen molar-refractivity contribution >= 4 is 29.9 Å². The van der Waals surface area contributed by atoms with Crippen LogP contribution in [0.2, 0.25) is 0 Å². The number of nitrogens with zero attached hydrogens (tertiary/aromatic N) is 7. The Bertz CT molecular complexity index is 1570. The Hall–Kier alpha value is -5.15. The van der Waals surface area contributed by atoms with Crippen molar-refractivity contribution in [3.05, 3.63) is 65.5 Å². The quantitative estimate of drug-likeness (QED) is 0.293. The molecule has 40 heavy (non-hydrogen) atoms. The zero-order valence-electron chi connectivity index (χ0n) is 21.4. The summed E-state index contributed by atoms with van der Waals surface area (Å²) < 4.78 is 46.0. The summed E-state index contributed by atoms with van der Waals surface area (Å²) in [6.45, 7) is 2.13. The summed E-state index contributed by atoms with van der Waals surface area (Å²) in [6, 6.07) is 5.38. The minimum absolute atomic E-state index is 0.0560. The maximum absolute atomic E-state index is 13.3. The molecule has 0 saturated carbocycles. The summed E-state index contributed by atoms with van der Waals surface area (Å²) in [5.41, 5.74) is -0.881. The first-order valence-corrected chi connectivity index (χ1v) is 11.6. The molecule has 4 aromatic rings. The van der Waals surface area contributed by atoms with E-state index in [2.05, 4.69) is 35.7 Å². The molecule has 4 heterocycles. The van der Waals surface area contributed by atoms with Crippen molar-refractivity contribution in [2.75, 3.05) is 17.7 Å². The maximum atomic E-state index is 13.3. The van der Waals surface area contributed by atoms with Gasteiger partial charge in [0.1, 0.15) is 12.4 Å². The molecule has 13 nitrogen and oxygen atoms in total. The number of carbonyl (C=O) groups is 3. The number of hydrogen-bond acceptors (Lipinski definition) is 10. The van der Waals surface area contributed by atoms with E-state index in [0.717, 1.165) is 11.0 Å². The van der Waals surface area contributed by atoms with Crippen molar-refractivity contribution in [3.8, 4) is 11.3 Å². The lowest BCUT2D eigenvalue weighted by molar-refractivity contribution is -0.138. The first kappa shape index (κ1) is 27.9. The number of rotatable bonds is 9. The van der Waals surface area contributed by atoms with Gasteiger partial charge in [0.25, 0.3) is 5.91 Å². The number of halogens is 3. The van der Waals surface area contributed by atoms with Crippen molar-refractivity contribution < 1.29 is 32.1 Å². The smallest absolute Gasteiger partial charge is 0.371 e. The third-order valence-electron chi connectivity index (χ3n) is 5.57. The number of aryl methyl sites for hydroxylation is 2. The van der Waals surface area contributed by atoms with E-state index < -0.39 is 30.1 Å². The summed E-state index contributed by atoms with van der Waals surface area (Å²) in [4.78, 5) is 54.6. The number of pyridine rings is 2. The van der Waals surface area contributed by atoms with Gasteiger partial charge in [0, 0.05) is 31.4 Å².